The van der Waals surface area contributed by atoms with Gasteiger partial charge in [-0.25, -0.2) is 9.97 Å². The number of ether oxygens (including phenoxy) is 2. The number of fused-ring (bicyclic) bond motifs is 5. The van der Waals surface area contributed by atoms with E-state index < -0.39 is 28.9 Å². The van der Waals surface area contributed by atoms with Crippen molar-refractivity contribution in [3.05, 3.63) is 70.9 Å². The van der Waals surface area contributed by atoms with Gasteiger partial charge in [-0.15, -0.1) is 0 Å². The van der Waals surface area contributed by atoms with Crippen LogP contribution in [-0.2, 0) is 35.0 Å². The molecular weight excluding hydrogens is 835 g/mol. The molecule has 3 N–H and O–H groups in total. The Morgan fingerprint density at radius 2 is 1.62 bits per heavy atom. The van der Waals surface area contributed by atoms with Crippen molar-refractivity contribution in [1.82, 2.24) is 34.1 Å². The first kappa shape index (κ1) is 44.6. The molecule has 1 amide bonds. The molecule has 4 aromatic heterocycles. The highest BCUT2D eigenvalue weighted by Gasteiger charge is 2.60. The molecule has 0 spiro atoms. The first-order valence-corrected chi connectivity index (χ1v) is 25.9. The Kier molecular flexibility index (Phi) is 11.9. The third-order valence-electron chi connectivity index (χ3n) is 12.6. The Labute approximate surface area is 370 Å². The zero-order valence-electron chi connectivity index (χ0n) is 38.4. The average molecular weight is 896 g/mol. The quantitative estimate of drug-likeness (QED) is 0.105. The molecule has 8 rings (SSSR count). The molecule has 63 heavy (non-hydrogen) atoms. The SMILES string of the molecule is CC(C)[Si]1(C(C)C)OC[C@H]2O[C@@H](n3cnc4c(=O)[nH]c(Nc5cc6c(nc(NC(=O)COc7ccc(C(C)(C)C)cc7)n6C)c6cccnc56)nc43)C[C@@H]2O[Si](C(C)C)(C(C)C)O1. The molecule has 2 fully saturated rings. The predicted molar refractivity (Wildman–Crippen MR) is 249 cm³/mol. The summed E-state index contributed by atoms with van der Waals surface area (Å²) in [4.78, 5) is 48.5. The van der Waals surface area contributed by atoms with Crippen molar-refractivity contribution in [3.63, 3.8) is 0 Å². The van der Waals surface area contributed by atoms with Gasteiger partial charge < -0.3 is 32.3 Å². The van der Waals surface area contributed by atoms with Crippen LogP contribution in [0.2, 0.25) is 22.2 Å². The zero-order valence-corrected chi connectivity index (χ0v) is 40.4. The minimum Gasteiger partial charge on any atom is -0.484 e. The van der Waals surface area contributed by atoms with Gasteiger partial charge in [-0.1, -0.05) is 88.3 Å². The number of nitrogens with one attached hydrogen (secondary N) is 3. The van der Waals surface area contributed by atoms with Crippen LogP contribution in [0.3, 0.4) is 0 Å². The van der Waals surface area contributed by atoms with Gasteiger partial charge in [-0.05, 0) is 63.5 Å². The number of hydrogen-bond acceptors (Lipinski definition) is 12. The summed E-state index contributed by atoms with van der Waals surface area (Å²) in [6.45, 7) is 24.2. The molecule has 2 aliphatic heterocycles. The monoisotopic (exact) mass is 895 g/mol. The lowest BCUT2D eigenvalue weighted by Crippen LogP contribution is -2.65. The van der Waals surface area contributed by atoms with E-state index in [1.165, 1.54) is 5.56 Å². The molecule has 336 valence electrons. The number of amides is 1. The van der Waals surface area contributed by atoms with Crippen molar-refractivity contribution in [2.45, 2.75) is 129 Å². The van der Waals surface area contributed by atoms with Crippen LogP contribution in [0, 0.1) is 0 Å². The molecule has 0 aliphatic carbocycles. The van der Waals surface area contributed by atoms with Crippen molar-refractivity contribution in [2.24, 2.45) is 7.05 Å². The maximum absolute atomic E-state index is 13.6. The molecule has 18 heteroatoms. The van der Waals surface area contributed by atoms with Crippen LogP contribution in [-0.4, -0.2) is 82.5 Å². The lowest BCUT2D eigenvalue weighted by molar-refractivity contribution is -0.118. The second kappa shape index (κ2) is 16.9. The molecule has 6 heterocycles. The largest absolute Gasteiger partial charge is 0.484 e. The van der Waals surface area contributed by atoms with Crippen LogP contribution in [0.15, 0.2) is 59.8 Å². The van der Waals surface area contributed by atoms with Crippen LogP contribution >= 0.6 is 0 Å². The number of H-pyrrole nitrogens is 1. The van der Waals surface area contributed by atoms with E-state index in [1.807, 2.05) is 54.1 Å². The lowest BCUT2D eigenvalue weighted by atomic mass is 9.87. The van der Waals surface area contributed by atoms with Gasteiger partial charge in [0.15, 0.2) is 17.8 Å². The average Bonchev–Trinajstić information content (AvgIpc) is 3.92. The Morgan fingerprint density at radius 3 is 2.29 bits per heavy atom. The van der Waals surface area contributed by atoms with Crippen molar-refractivity contribution in [1.29, 1.82) is 0 Å². The Morgan fingerprint density at radius 1 is 0.921 bits per heavy atom. The van der Waals surface area contributed by atoms with Crippen LogP contribution < -0.4 is 20.9 Å². The van der Waals surface area contributed by atoms with Gasteiger partial charge in [-0.2, -0.15) is 4.98 Å². The third-order valence-corrected chi connectivity index (χ3v) is 22.9. The summed E-state index contributed by atoms with van der Waals surface area (Å²) in [7, 11) is -3.80. The number of aromatic amines is 1. The number of nitrogens with zero attached hydrogens (tertiary/aromatic N) is 6. The highest BCUT2D eigenvalue weighted by molar-refractivity contribution is 6.84. The van der Waals surface area contributed by atoms with Gasteiger partial charge in [0.1, 0.15) is 23.6 Å². The lowest BCUT2D eigenvalue weighted by Gasteiger charge is -2.51. The van der Waals surface area contributed by atoms with Crippen molar-refractivity contribution >= 4 is 73.7 Å². The first-order valence-electron chi connectivity index (χ1n) is 22.0. The number of aromatic nitrogens is 7. The molecule has 0 radical (unpaired) electrons. The van der Waals surface area contributed by atoms with E-state index in [9.17, 15) is 9.59 Å². The van der Waals surface area contributed by atoms with E-state index in [0.29, 0.717) is 52.6 Å². The number of pyridine rings is 1. The Hall–Kier alpha value is -4.99. The smallest absolute Gasteiger partial charge is 0.335 e. The standard InChI is InChI=1S/C45H61N9O7Si2/c1-25(2)62(26(3)4)58-22-35-34(60-63(61-62,27(5)6)28(7)8)21-37(59-35)54-24-47-40-41(54)51-43(52-42(40)56)48-32-20-33-39(31-14-13-19-46-38(31)32)50-44(53(33)12)49-36(55)23-57-30-17-15-29(16-18-30)45(9,10)11/h13-20,24-28,34-35,37H,21-23H2,1-12H3,(H,49,50,55)(H2,48,51,52,56)/t34-,35+,37+/m0/s1. The zero-order chi connectivity index (χ0) is 45.2. The number of benzene rings is 2. The summed E-state index contributed by atoms with van der Waals surface area (Å²) in [5.74, 6) is 0.779. The first-order chi connectivity index (χ1) is 29.8. The second-order valence-electron chi connectivity index (χ2n) is 19.2. The van der Waals surface area contributed by atoms with E-state index in [1.54, 1.807) is 17.1 Å². The van der Waals surface area contributed by atoms with Crippen LogP contribution in [0.4, 0.5) is 17.6 Å². The van der Waals surface area contributed by atoms with Gasteiger partial charge in [0.05, 0.1) is 35.8 Å². The van der Waals surface area contributed by atoms with Gasteiger partial charge >= 0.3 is 17.1 Å². The fourth-order valence-corrected chi connectivity index (χ4v) is 20.3. The number of carbonyl (C=O) groups excluding carboxylic acids is 1. The highest BCUT2D eigenvalue weighted by atomic mass is 28.5. The van der Waals surface area contributed by atoms with Gasteiger partial charge in [-0.3, -0.25) is 29.4 Å². The number of imidazole rings is 2. The number of anilines is 3. The summed E-state index contributed by atoms with van der Waals surface area (Å²) < 4.78 is 37.8. The number of rotatable bonds is 11. The van der Waals surface area contributed by atoms with Crippen LogP contribution in [0.5, 0.6) is 5.75 Å². The fourth-order valence-electron chi connectivity index (χ4n) is 9.09. The molecule has 2 saturated heterocycles. The van der Waals surface area contributed by atoms with Gasteiger partial charge in [0.25, 0.3) is 11.5 Å². The molecule has 0 bridgehead atoms. The van der Waals surface area contributed by atoms with E-state index in [2.05, 4.69) is 102 Å². The van der Waals surface area contributed by atoms with E-state index in [0.717, 1.165) is 5.39 Å². The molecule has 6 aromatic rings. The molecule has 2 aromatic carbocycles. The van der Waals surface area contributed by atoms with E-state index in [4.69, 9.17) is 32.4 Å². The summed E-state index contributed by atoms with van der Waals surface area (Å²) >= 11 is 0. The minimum absolute atomic E-state index is 0.00966. The molecular formula is C45H61N9O7Si2. The van der Waals surface area contributed by atoms with Crippen molar-refractivity contribution in [3.8, 4) is 5.75 Å². The molecule has 0 unspecified atom stereocenters. The third kappa shape index (κ3) is 8.21. The normalized spacial score (nSPS) is 20.2. The second-order valence-corrected chi connectivity index (χ2v) is 28.0. The maximum Gasteiger partial charge on any atom is 0.335 e. The Balaban J connectivity index is 1.06. The van der Waals surface area contributed by atoms with Gasteiger partial charge in [0, 0.05) is 25.1 Å². The summed E-state index contributed by atoms with van der Waals surface area (Å²) in [6, 6.07) is 13.4. The van der Waals surface area contributed by atoms with Crippen LogP contribution in [0.25, 0.3) is 33.1 Å². The number of carbonyl (C=O) groups is 1. The van der Waals surface area contributed by atoms with Crippen molar-refractivity contribution in [2.75, 3.05) is 23.8 Å². The maximum atomic E-state index is 13.6. The molecule has 2 aliphatic rings. The fraction of sp³-hybridized carbons (Fsp3) is 0.511. The topological polar surface area (TPSA) is 182 Å². The van der Waals surface area contributed by atoms with Gasteiger partial charge in [0.2, 0.25) is 11.9 Å². The van der Waals surface area contributed by atoms with E-state index >= 15 is 0 Å². The minimum atomic E-state index is -2.86. The highest BCUT2D eigenvalue weighted by Crippen LogP contribution is 2.48. The molecule has 3 atom stereocenters. The van der Waals surface area contributed by atoms with E-state index in [-0.39, 0.29) is 63.8 Å². The van der Waals surface area contributed by atoms with Crippen molar-refractivity contribution < 1.29 is 27.2 Å². The number of hydrogen-bond donors (Lipinski definition) is 3. The van der Waals surface area contributed by atoms with Crippen LogP contribution in [0.1, 0.15) is 94.4 Å². The summed E-state index contributed by atoms with van der Waals surface area (Å²) in [6.07, 6.45) is 2.65. The predicted octanol–water partition coefficient (Wildman–Crippen LogP) is 8.86. The summed E-state index contributed by atoms with van der Waals surface area (Å²) in [5, 5.41) is 6.97. The number of aryl methyl sites for hydroxylation is 1. The molecule has 16 nitrogen and oxygen atoms in total. The Bertz CT molecular complexity index is 2690. The molecule has 0 saturated carbocycles. The summed E-state index contributed by atoms with van der Waals surface area (Å²) in [5.41, 5.74) is 4.61.